The molecule has 0 radical (unpaired) electrons. The first kappa shape index (κ1) is 9.91. The maximum absolute atomic E-state index is 10.4. The van der Waals surface area contributed by atoms with Crippen molar-refractivity contribution in [2.75, 3.05) is 0 Å². The zero-order valence-corrected chi connectivity index (χ0v) is 7.68. The van der Waals surface area contributed by atoms with Gasteiger partial charge in [0.25, 0.3) is 0 Å². The summed E-state index contributed by atoms with van der Waals surface area (Å²) in [5.41, 5.74) is 0. The molecule has 0 aromatic carbocycles. The van der Waals surface area contributed by atoms with E-state index in [1.807, 2.05) is 13.8 Å². The Kier molecular flexibility index (Phi) is 4.64. The molecule has 0 saturated heterocycles. The van der Waals surface area contributed by atoms with Crippen LogP contribution < -0.4 is 4.34 Å². The van der Waals surface area contributed by atoms with E-state index in [-0.39, 0.29) is 5.92 Å². The topological polar surface area (TPSA) is 49.3 Å². The van der Waals surface area contributed by atoms with Gasteiger partial charge in [-0.1, -0.05) is 20.3 Å². The Morgan fingerprint density at radius 2 is 2.30 bits per heavy atom. The predicted molar refractivity (Wildman–Crippen MR) is 42.9 cm³/mol. The maximum Gasteiger partial charge on any atom is 0.321 e. The lowest BCUT2D eigenvalue weighted by molar-refractivity contribution is -0.140. The molecule has 0 heterocycles. The Bertz CT molecular complexity index is 118. The summed E-state index contributed by atoms with van der Waals surface area (Å²) in [6.45, 7) is 3.86. The molecule has 0 amide bonds. The number of carboxylic acids is 1. The molecule has 2 atom stereocenters. The summed E-state index contributed by atoms with van der Waals surface area (Å²) in [7, 11) is 0. The van der Waals surface area contributed by atoms with Gasteiger partial charge in [0.05, 0.1) is 0 Å². The molecule has 0 aliphatic heterocycles. The zero-order chi connectivity index (χ0) is 8.15. The molecule has 0 bridgehead atoms. The number of hydrogen-bond acceptors (Lipinski definition) is 2. The highest BCUT2D eigenvalue weighted by Crippen LogP contribution is 2.08. The molecule has 0 aliphatic rings. The van der Waals surface area contributed by atoms with Gasteiger partial charge in [0.1, 0.15) is 6.04 Å². The predicted octanol–water partition coefficient (Wildman–Crippen LogP) is 1.39. The Balaban J connectivity index is 3.92. The van der Waals surface area contributed by atoms with E-state index < -0.39 is 12.0 Å². The molecule has 0 saturated carbocycles. The van der Waals surface area contributed by atoms with Gasteiger partial charge in [-0.25, -0.2) is 4.34 Å². The van der Waals surface area contributed by atoms with Crippen molar-refractivity contribution in [3.63, 3.8) is 0 Å². The van der Waals surface area contributed by atoms with Gasteiger partial charge >= 0.3 is 5.97 Å². The summed E-state index contributed by atoms with van der Waals surface area (Å²) < 4.78 is 2.57. The monoisotopic (exact) mass is 209 g/mol. The largest absolute Gasteiger partial charge is 0.480 e. The lowest BCUT2D eigenvalue weighted by atomic mass is 10.0. The SMILES string of the molecule is CC[C@H](C)[C@H](NBr)C(=O)O. The van der Waals surface area contributed by atoms with Gasteiger partial charge in [-0.15, -0.1) is 0 Å². The van der Waals surface area contributed by atoms with Crippen LogP contribution in [-0.2, 0) is 4.79 Å². The fourth-order valence-corrected chi connectivity index (χ4v) is 1.28. The van der Waals surface area contributed by atoms with Gasteiger partial charge in [0, 0.05) is 16.1 Å². The van der Waals surface area contributed by atoms with Crippen LogP contribution in [0.25, 0.3) is 0 Å². The van der Waals surface area contributed by atoms with E-state index in [0.717, 1.165) is 6.42 Å². The lowest BCUT2D eigenvalue weighted by Gasteiger charge is -2.15. The van der Waals surface area contributed by atoms with Crippen LogP contribution in [0.3, 0.4) is 0 Å². The van der Waals surface area contributed by atoms with Crippen LogP contribution in [0.5, 0.6) is 0 Å². The van der Waals surface area contributed by atoms with Crippen molar-refractivity contribution in [2.45, 2.75) is 26.3 Å². The third kappa shape index (κ3) is 2.66. The quantitative estimate of drug-likeness (QED) is 0.689. The Morgan fingerprint density at radius 3 is 2.40 bits per heavy atom. The molecule has 0 aliphatic carbocycles. The second-order valence-electron chi connectivity index (χ2n) is 2.31. The van der Waals surface area contributed by atoms with Gasteiger partial charge in [0.15, 0.2) is 0 Å². The standard InChI is InChI=1S/C6H12BrNO2/c1-3-4(2)5(8-7)6(9)10/h4-5,8H,3H2,1-2H3,(H,9,10)/t4-,5-/m0/s1. The van der Waals surface area contributed by atoms with Crippen LogP contribution in [0, 0.1) is 5.92 Å². The number of nitrogens with one attached hydrogen (secondary N) is 1. The first-order valence-electron chi connectivity index (χ1n) is 3.22. The number of carboxylic acid groups (broad SMARTS) is 1. The summed E-state index contributed by atoms with van der Waals surface area (Å²) in [6, 6.07) is -0.481. The van der Waals surface area contributed by atoms with E-state index in [1.54, 1.807) is 0 Å². The van der Waals surface area contributed by atoms with Crippen molar-refractivity contribution < 1.29 is 9.90 Å². The molecule has 4 heteroatoms. The minimum atomic E-state index is -0.814. The maximum atomic E-state index is 10.4. The molecule has 0 aromatic heterocycles. The second kappa shape index (κ2) is 4.68. The summed E-state index contributed by atoms with van der Waals surface area (Å²) in [5.74, 6) is -0.664. The molecular formula is C6H12BrNO2. The number of rotatable bonds is 4. The fraction of sp³-hybridized carbons (Fsp3) is 0.833. The highest BCUT2D eigenvalue weighted by molar-refractivity contribution is 9.08. The molecule has 3 nitrogen and oxygen atoms in total. The molecular weight excluding hydrogens is 198 g/mol. The Hall–Kier alpha value is -0.0900. The van der Waals surface area contributed by atoms with E-state index in [4.69, 9.17) is 5.11 Å². The first-order valence-corrected chi connectivity index (χ1v) is 4.01. The molecule has 10 heavy (non-hydrogen) atoms. The second-order valence-corrected chi connectivity index (χ2v) is 2.77. The minimum absolute atomic E-state index is 0.150. The molecule has 0 aromatic rings. The summed E-state index contributed by atoms with van der Waals surface area (Å²) >= 11 is 2.93. The third-order valence-corrected chi connectivity index (χ3v) is 2.09. The summed E-state index contributed by atoms with van der Waals surface area (Å²) in [6.07, 6.45) is 0.857. The van der Waals surface area contributed by atoms with Crippen LogP contribution in [0.4, 0.5) is 0 Å². The van der Waals surface area contributed by atoms with Crippen molar-refractivity contribution in [3.05, 3.63) is 0 Å². The van der Waals surface area contributed by atoms with Crippen LogP contribution in [0.15, 0.2) is 0 Å². The highest BCUT2D eigenvalue weighted by atomic mass is 79.9. The number of carbonyl (C=O) groups is 1. The molecule has 0 rings (SSSR count). The van der Waals surface area contributed by atoms with E-state index in [2.05, 4.69) is 20.5 Å². The van der Waals surface area contributed by atoms with Gasteiger partial charge in [-0.2, -0.15) is 0 Å². The summed E-state index contributed by atoms with van der Waals surface area (Å²) in [4.78, 5) is 10.4. The average Bonchev–Trinajstić information content (AvgIpc) is 1.88. The van der Waals surface area contributed by atoms with Crippen molar-refractivity contribution in [2.24, 2.45) is 5.92 Å². The average molecular weight is 210 g/mol. The van der Waals surface area contributed by atoms with Gasteiger partial charge < -0.3 is 5.11 Å². The third-order valence-electron chi connectivity index (χ3n) is 1.60. The van der Waals surface area contributed by atoms with Crippen molar-refractivity contribution in [3.8, 4) is 0 Å². The normalized spacial score (nSPS) is 16.3. The van der Waals surface area contributed by atoms with E-state index >= 15 is 0 Å². The first-order chi connectivity index (χ1) is 4.63. The molecule has 0 fully saturated rings. The highest BCUT2D eigenvalue weighted by Gasteiger charge is 2.21. The van der Waals surface area contributed by atoms with Gasteiger partial charge in [0.2, 0.25) is 0 Å². The smallest absolute Gasteiger partial charge is 0.321 e. The zero-order valence-electron chi connectivity index (χ0n) is 6.10. The van der Waals surface area contributed by atoms with Crippen LogP contribution in [0.2, 0.25) is 0 Å². The number of hydrogen-bond donors (Lipinski definition) is 2. The summed E-state index contributed by atoms with van der Waals surface area (Å²) in [5, 5.41) is 8.58. The van der Waals surface area contributed by atoms with Crippen molar-refractivity contribution >= 4 is 22.1 Å². The van der Waals surface area contributed by atoms with Crippen molar-refractivity contribution in [1.29, 1.82) is 0 Å². The molecule has 0 unspecified atom stereocenters. The minimum Gasteiger partial charge on any atom is -0.480 e. The molecule has 60 valence electrons. The van der Waals surface area contributed by atoms with E-state index in [1.165, 1.54) is 0 Å². The fourth-order valence-electron chi connectivity index (χ4n) is 0.633. The van der Waals surface area contributed by atoms with Crippen molar-refractivity contribution in [1.82, 2.24) is 4.34 Å². The number of halogens is 1. The molecule has 2 N–H and O–H groups in total. The van der Waals surface area contributed by atoms with Gasteiger partial charge in [-0.05, 0) is 5.92 Å². The molecule has 0 spiro atoms. The Labute approximate surface area is 69.1 Å². The number of aliphatic carboxylic acids is 1. The van der Waals surface area contributed by atoms with Crippen LogP contribution >= 0.6 is 16.1 Å². The van der Waals surface area contributed by atoms with Crippen LogP contribution in [-0.4, -0.2) is 17.1 Å². The van der Waals surface area contributed by atoms with E-state index in [9.17, 15) is 4.79 Å². The Morgan fingerprint density at radius 1 is 1.80 bits per heavy atom. The van der Waals surface area contributed by atoms with Crippen LogP contribution in [0.1, 0.15) is 20.3 Å². The lowest BCUT2D eigenvalue weighted by Crippen LogP contribution is -2.36. The van der Waals surface area contributed by atoms with E-state index in [0.29, 0.717) is 0 Å². The van der Waals surface area contributed by atoms with Gasteiger partial charge in [-0.3, -0.25) is 4.79 Å².